The Kier molecular flexibility index (Phi) is 3.64. The van der Waals surface area contributed by atoms with Gasteiger partial charge in [-0.3, -0.25) is 4.40 Å². The number of benzene rings is 2. The lowest BCUT2D eigenvalue weighted by atomic mass is 10.2. The topological polar surface area (TPSA) is 49.6 Å². The highest BCUT2D eigenvalue weighted by Gasteiger charge is 2.22. The molecule has 1 saturated heterocycles. The molecule has 0 spiro atoms. The van der Waals surface area contributed by atoms with Gasteiger partial charge in [0.1, 0.15) is 6.33 Å². The average Bonchev–Trinajstić information content (AvgIpc) is 3.19. The highest BCUT2D eigenvalue weighted by molar-refractivity contribution is 6.31. The number of nitrogens with zero attached hydrogens (tertiary/aromatic N) is 6. The summed E-state index contributed by atoms with van der Waals surface area (Å²) in [6.07, 6.45) is 1.72. The van der Waals surface area contributed by atoms with Crippen LogP contribution in [0.3, 0.4) is 0 Å². The van der Waals surface area contributed by atoms with Crippen LogP contribution in [0.1, 0.15) is 0 Å². The molecule has 7 heteroatoms. The lowest BCUT2D eigenvalue weighted by Gasteiger charge is -2.36. The van der Waals surface area contributed by atoms with E-state index in [2.05, 4.69) is 44.3 Å². The first-order valence-electron chi connectivity index (χ1n) is 8.63. The van der Waals surface area contributed by atoms with E-state index in [0.717, 1.165) is 48.7 Å². The molecule has 0 bridgehead atoms. The van der Waals surface area contributed by atoms with Crippen LogP contribution in [-0.4, -0.2) is 45.8 Å². The second-order valence-corrected chi connectivity index (χ2v) is 6.84. The van der Waals surface area contributed by atoms with Gasteiger partial charge in [-0.2, -0.15) is 0 Å². The molecule has 0 amide bonds. The number of hydrogen-bond acceptors (Lipinski definition) is 5. The Morgan fingerprint density at radius 1 is 0.885 bits per heavy atom. The van der Waals surface area contributed by atoms with E-state index < -0.39 is 0 Å². The van der Waals surface area contributed by atoms with Crippen molar-refractivity contribution in [1.29, 1.82) is 0 Å². The molecule has 0 aliphatic carbocycles. The van der Waals surface area contributed by atoms with E-state index in [1.807, 2.05) is 28.7 Å². The van der Waals surface area contributed by atoms with Gasteiger partial charge < -0.3 is 9.80 Å². The van der Waals surface area contributed by atoms with Crippen LogP contribution in [0, 0.1) is 0 Å². The van der Waals surface area contributed by atoms with E-state index in [-0.39, 0.29) is 0 Å². The predicted octanol–water partition coefficient (Wildman–Crippen LogP) is 3.26. The summed E-state index contributed by atoms with van der Waals surface area (Å²) >= 11 is 6.15. The summed E-state index contributed by atoms with van der Waals surface area (Å²) in [6, 6.07) is 16.2. The van der Waals surface area contributed by atoms with Crippen LogP contribution >= 0.6 is 11.6 Å². The van der Waals surface area contributed by atoms with Gasteiger partial charge in [0.05, 0.1) is 11.0 Å². The van der Waals surface area contributed by atoms with E-state index in [1.165, 1.54) is 5.69 Å². The number of para-hydroxylation sites is 1. The van der Waals surface area contributed by atoms with E-state index in [9.17, 15) is 0 Å². The molecule has 1 aliphatic heterocycles. The predicted molar refractivity (Wildman–Crippen MR) is 104 cm³/mol. The second-order valence-electron chi connectivity index (χ2n) is 6.40. The molecule has 0 N–H and O–H groups in total. The van der Waals surface area contributed by atoms with Crippen molar-refractivity contribution in [3.63, 3.8) is 0 Å². The van der Waals surface area contributed by atoms with Gasteiger partial charge in [0.2, 0.25) is 5.65 Å². The molecule has 1 fully saturated rings. The van der Waals surface area contributed by atoms with E-state index in [1.54, 1.807) is 6.33 Å². The van der Waals surface area contributed by atoms with Crippen molar-refractivity contribution in [2.24, 2.45) is 0 Å². The van der Waals surface area contributed by atoms with Crippen LogP contribution in [0.4, 0.5) is 11.5 Å². The maximum Gasteiger partial charge on any atom is 0.204 e. The smallest absolute Gasteiger partial charge is 0.204 e. The molecule has 0 unspecified atom stereocenters. The van der Waals surface area contributed by atoms with Gasteiger partial charge in [-0.25, -0.2) is 4.98 Å². The van der Waals surface area contributed by atoms with E-state index >= 15 is 0 Å². The summed E-state index contributed by atoms with van der Waals surface area (Å²) in [6.45, 7) is 3.68. The third-order valence-electron chi connectivity index (χ3n) is 4.87. The maximum atomic E-state index is 6.15. The standard InChI is InChI=1S/C19H17ClN6/c20-14-6-7-16-17(12-14)26-13-21-23-19(26)18(22-16)25-10-8-24(9-11-25)15-4-2-1-3-5-15/h1-7,12-13H,8-11H2. The average molecular weight is 365 g/mol. The third kappa shape index (κ3) is 2.54. The molecule has 2 aromatic heterocycles. The van der Waals surface area contributed by atoms with Crippen molar-refractivity contribution in [2.75, 3.05) is 36.0 Å². The van der Waals surface area contributed by atoms with Gasteiger partial charge in [-0.1, -0.05) is 29.8 Å². The molecule has 2 aromatic carbocycles. The van der Waals surface area contributed by atoms with Crippen LogP contribution in [0.5, 0.6) is 0 Å². The normalized spacial score (nSPS) is 15.1. The molecule has 6 nitrogen and oxygen atoms in total. The van der Waals surface area contributed by atoms with Crippen LogP contribution in [-0.2, 0) is 0 Å². The number of aromatic nitrogens is 4. The van der Waals surface area contributed by atoms with E-state index in [4.69, 9.17) is 16.6 Å². The fraction of sp³-hybridized carbons (Fsp3) is 0.211. The fourth-order valence-corrected chi connectivity index (χ4v) is 3.71. The number of rotatable bonds is 2. The van der Waals surface area contributed by atoms with Gasteiger partial charge in [0, 0.05) is 36.9 Å². The lowest BCUT2D eigenvalue weighted by Crippen LogP contribution is -2.47. The minimum Gasteiger partial charge on any atom is -0.368 e. The monoisotopic (exact) mass is 364 g/mol. The van der Waals surface area contributed by atoms with Crippen LogP contribution in [0.2, 0.25) is 5.02 Å². The summed E-state index contributed by atoms with van der Waals surface area (Å²) < 4.78 is 1.97. The zero-order chi connectivity index (χ0) is 17.5. The number of hydrogen-bond donors (Lipinski definition) is 0. The summed E-state index contributed by atoms with van der Waals surface area (Å²) in [7, 11) is 0. The highest BCUT2D eigenvalue weighted by Crippen LogP contribution is 2.26. The molecule has 3 heterocycles. The Hall–Kier alpha value is -2.86. The van der Waals surface area contributed by atoms with Gasteiger partial charge in [-0.05, 0) is 30.3 Å². The molecule has 0 atom stereocenters. The van der Waals surface area contributed by atoms with Crippen molar-refractivity contribution in [1.82, 2.24) is 19.6 Å². The molecular formula is C19H17ClN6. The minimum atomic E-state index is 0.679. The molecule has 26 heavy (non-hydrogen) atoms. The zero-order valence-electron chi connectivity index (χ0n) is 14.1. The molecule has 130 valence electrons. The summed E-state index contributed by atoms with van der Waals surface area (Å²) in [5.41, 5.74) is 3.85. The van der Waals surface area contributed by atoms with Gasteiger partial charge in [-0.15, -0.1) is 10.2 Å². The molecule has 4 aromatic rings. The van der Waals surface area contributed by atoms with Crippen LogP contribution in [0.15, 0.2) is 54.9 Å². The first-order chi connectivity index (χ1) is 12.8. The fourth-order valence-electron chi connectivity index (χ4n) is 3.54. The maximum absolute atomic E-state index is 6.15. The first-order valence-corrected chi connectivity index (χ1v) is 9.01. The first kappa shape index (κ1) is 15.4. The molecule has 0 saturated carbocycles. The van der Waals surface area contributed by atoms with Crippen LogP contribution in [0.25, 0.3) is 16.7 Å². The zero-order valence-corrected chi connectivity index (χ0v) is 14.8. The molecule has 1 aliphatic rings. The summed E-state index contributed by atoms with van der Waals surface area (Å²) in [5.74, 6) is 0.880. The van der Waals surface area contributed by atoms with Crippen molar-refractivity contribution in [2.45, 2.75) is 0 Å². The largest absolute Gasteiger partial charge is 0.368 e. The lowest BCUT2D eigenvalue weighted by molar-refractivity contribution is 0.648. The number of piperazine rings is 1. The van der Waals surface area contributed by atoms with Crippen molar-refractivity contribution >= 4 is 39.8 Å². The third-order valence-corrected chi connectivity index (χ3v) is 5.11. The van der Waals surface area contributed by atoms with Crippen molar-refractivity contribution in [3.05, 3.63) is 59.9 Å². The van der Waals surface area contributed by atoms with Crippen molar-refractivity contribution in [3.8, 4) is 0 Å². The SMILES string of the molecule is Clc1ccc2nc(N3CCN(c4ccccc4)CC3)c3nncn3c2c1. The summed E-state index contributed by atoms with van der Waals surface area (Å²) in [4.78, 5) is 9.55. The summed E-state index contributed by atoms with van der Waals surface area (Å²) in [5, 5.41) is 9.07. The Morgan fingerprint density at radius 2 is 1.65 bits per heavy atom. The Morgan fingerprint density at radius 3 is 2.46 bits per heavy atom. The number of fused-ring (bicyclic) bond motifs is 3. The van der Waals surface area contributed by atoms with Gasteiger partial charge in [0.25, 0.3) is 0 Å². The minimum absolute atomic E-state index is 0.679. The van der Waals surface area contributed by atoms with Gasteiger partial charge in [0.15, 0.2) is 5.82 Å². The Balaban J connectivity index is 1.49. The Labute approximate surface area is 155 Å². The number of anilines is 2. The number of halogens is 1. The quantitative estimate of drug-likeness (QED) is 0.546. The van der Waals surface area contributed by atoms with Crippen molar-refractivity contribution < 1.29 is 0 Å². The molecule has 5 rings (SSSR count). The molecular weight excluding hydrogens is 348 g/mol. The van der Waals surface area contributed by atoms with E-state index in [0.29, 0.717) is 5.02 Å². The van der Waals surface area contributed by atoms with Gasteiger partial charge >= 0.3 is 0 Å². The Bertz CT molecular complexity index is 1070. The second kappa shape index (κ2) is 6.14. The highest BCUT2D eigenvalue weighted by atomic mass is 35.5. The molecule has 0 radical (unpaired) electrons. The van der Waals surface area contributed by atoms with Crippen LogP contribution < -0.4 is 9.80 Å².